The number of piperidine rings is 2. The van der Waals surface area contributed by atoms with E-state index in [0.29, 0.717) is 6.04 Å². The van der Waals surface area contributed by atoms with Crippen molar-refractivity contribution in [3.05, 3.63) is 0 Å². The lowest BCUT2D eigenvalue weighted by Crippen LogP contribution is -2.44. The largest absolute Gasteiger partial charge is 0.314 e. The zero-order valence-corrected chi connectivity index (χ0v) is 13.9. The molecule has 0 aliphatic carbocycles. The molecular formula is C17H35N3. The summed E-state index contributed by atoms with van der Waals surface area (Å²) in [6, 6.07) is 1.49. The summed E-state index contributed by atoms with van der Waals surface area (Å²) in [5.74, 6) is 0.850. The zero-order valence-electron chi connectivity index (χ0n) is 13.9. The fraction of sp³-hybridized carbons (Fsp3) is 1.00. The molecule has 2 rings (SSSR count). The maximum atomic E-state index is 3.77. The molecule has 2 aliphatic rings. The Balaban J connectivity index is 1.58. The molecule has 2 saturated heterocycles. The molecule has 1 N–H and O–H groups in total. The molecular weight excluding hydrogens is 246 g/mol. The van der Waals surface area contributed by atoms with Gasteiger partial charge >= 0.3 is 0 Å². The molecule has 0 saturated carbocycles. The summed E-state index contributed by atoms with van der Waals surface area (Å²) in [4.78, 5) is 5.17. The molecule has 2 heterocycles. The second kappa shape index (κ2) is 8.35. The molecule has 0 aromatic carbocycles. The Hall–Kier alpha value is -0.120. The minimum atomic E-state index is 0.677. The fourth-order valence-corrected chi connectivity index (χ4v) is 3.88. The highest BCUT2D eigenvalue weighted by Crippen LogP contribution is 2.19. The van der Waals surface area contributed by atoms with Gasteiger partial charge < -0.3 is 15.1 Å². The van der Waals surface area contributed by atoms with Crippen LogP contribution < -0.4 is 5.32 Å². The topological polar surface area (TPSA) is 18.5 Å². The molecule has 3 unspecified atom stereocenters. The van der Waals surface area contributed by atoms with Crippen LogP contribution in [0, 0.1) is 5.92 Å². The minimum absolute atomic E-state index is 0.677. The molecule has 3 nitrogen and oxygen atoms in total. The van der Waals surface area contributed by atoms with Crippen LogP contribution in [-0.4, -0.2) is 61.7 Å². The van der Waals surface area contributed by atoms with E-state index in [1.54, 1.807) is 0 Å². The van der Waals surface area contributed by atoms with Crippen LogP contribution in [0.4, 0.5) is 0 Å². The van der Waals surface area contributed by atoms with E-state index >= 15 is 0 Å². The second-order valence-electron chi connectivity index (χ2n) is 7.14. The molecule has 2 fully saturated rings. The first-order valence-corrected chi connectivity index (χ1v) is 8.83. The first kappa shape index (κ1) is 16.3. The van der Waals surface area contributed by atoms with E-state index in [4.69, 9.17) is 0 Å². The van der Waals surface area contributed by atoms with Gasteiger partial charge in [0.1, 0.15) is 0 Å². The molecule has 0 spiro atoms. The van der Waals surface area contributed by atoms with Gasteiger partial charge in [0.05, 0.1) is 0 Å². The van der Waals surface area contributed by atoms with Crippen LogP contribution >= 0.6 is 0 Å². The van der Waals surface area contributed by atoms with Crippen LogP contribution in [0.1, 0.15) is 52.4 Å². The molecule has 118 valence electrons. The maximum absolute atomic E-state index is 3.77. The Morgan fingerprint density at radius 2 is 2.00 bits per heavy atom. The molecule has 0 bridgehead atoms. The van der Waals surface area contributed by atoms with Gasteiger partial charge in [-0.15, -0.1) is 0 Å². The Bertz CT molecular complexity index is 269. The van der Waals surface area contributed by atoms with E-state index in [-0.39, 0.29) is 0 Å². The summed E-state index contributed by atoms with van der Waals surface area (Å²) >= 11 is 0. The van der Waals surface area contributed by atoms with Crippen molar-refractivity contribution in [2.45, 2.75) is 64.5 Å². The number of hydrogen-bond donors (Lipinski definition) is 1. The quantitative estimate of drug-likeness (QED) is 0.755. The third-order valence-electron chi connectivity index (χ3n) is 5.40. The number of hydrogen-bond acceptors (Lipinski definition) is 3. The van der Waals surface area contributed by atoms with E-state index in [0.717, 1.165) is 12.0 Å². The normalized spacial score (nSPS) is 31.4. The molecule has 0 aromatic rings. The summed E-state index contributed by atoms with van der Waals surface area (Å²) in [6.45, 7) is 11.1. The molecule has 3 atom stereocenters. The molecule has 0 radical (unpaired) electrons. The van der Waals surface area contributed by atoms with Gasteiger partial charge in [-0.2, -0.15) is 0 Å². The van der Waals surface area contributed by atoms with Crippen molar-refractivity contribution in [3.63, 3.8) is 0 Å². The Morgan fingerprint density at radius 3 is 2.75 bits per heavy atom. The first-order chi connectivity index (χ1) is 9.66. The molecule has 0 amide bonds. The highest BCUT2D eigenvalue weighted by molar-refractivity contribution is 4.79. The minimum Gasteiger partial charge on any atom is -0.314 e. The first-order valence-electron chi connectivity index (χ1n) is 8.83. The predicted molar refractivity (Wildman–Crippen MR) is 87.2 cm³/mol. The van der Waals surface area contributed by atoms with E-state index in [1.807, 2.05) is 0 Å². The van der Waals surface area contributed by atoms with Crippen LogP contribution in [0.3, 0.4) is 0 Å². The van der Waals surface area contributed by atoms with E-state index in [9.17, 15) is 0 Å². The van der Waals surface area contributed by atoms with Gasteiger partial charge in [-0.1, -0.05) is 6.42 Å². The third kappa shape index (κ3) is 5.01. The number of nitrogens with zero attached hydrogens (tertiary/aromatic N) is 2. The lowest BCUT2D eigenvalue weighted by molar-refractivity contribution is 0.154. The van der Waals surface area contributed by atoms with Crippen LogP contribution in [0.25, 0.3) is 0 Å². The standard InChI is InChI=1S/C17H35N3/c1-15-8-4-5-12-20(15)13-7-10-18-16(2)17-9-6-11-19(3)14-17/h15-18H,4-14H2,1-3H3. The van der Waals surface area contributed by atoms with Crippen LogP contribution in [0.2, 0.25) is 0 Å². The summed E-state index contributed by atoms with van der Waals surface area (Å²) in [7, 11) is 2.26. The van der Waals surface area contributed by atoms with Crippen molar-refractivity contribution >= 4 is 0 Å². The number of likely N-dealkylation sites (tertiary alicyclic amines) is 2. The Morgan fingerprint density at radius 1 is 1.15 bits per heavy atom. The Kier molecular flexibility index (Phi) is 6.79. The van der Waals surface area contributed by atoms with Crippen LogP contribution in [0.15, 0.2) is 0 Å². The third-order valence-corrected chi connectivity index (χ3v) is 5.40. The van der Waals surface area contributed by atoms with Gasteiger partial charge in [-0.25, -0.2) is 0 Å². The van der Waals surface area contributed by atoms with Crippen LogP contribution in [0.5, 0.6) is 0 Å². The molecule has 0 aromatic heterocycles. The highest BCUT2D eigenvalue weighted by Gasteiger charge is 2.22. The smallest absolute Gasteiger partial charge is 0.00792 e. The lowest BCUT2D eigenvalue weighted by atomic mass is 9.92. The number of rotatable bonds is 6. The van der Waals surface area contributed by atoms with Gasteiger partial charge in [0.25, 0.3) is 0 Å². The van der Waals surface area contributed by atoms with E-state index < -0.39 is 0 Å². The summed E-state index contributed by atoms with van der Waals surface area (Å²) in [6.07, 6.45) is 8.32. The van der Waals surface area contributed by atoms with Crippen molar-refractivity contribution in [1.29, 1.82) is 0 Å². The molecule has 3 heteroatoms. The van der Waals surface area contributed by atoms with Crippen molar-refractivity contribution in [3.8, 4) is 0 Å². The van der Waals surface area contributed by atoms with Gasteiger partial charge in [0.2, 0.25) is 0 Å². The van der Waals surface area contributed by atoms with Gasteiger partial charge in [0.15, 0.2) is 0 Å². The fourth-order valence-electron chi connectivity index (χ4n) is 3.88. The van der Waals surface area contributed by atoms with Crippen molar-refractivity contribution in [1.82, 2.24) is 15.1 Å². The van der Waals surface area contributed by atoms with Gasteiger partial charge in [0, 0.05) is 18.6 Å². The maximum Gasteiger partial charge on any atom is 0.00792 e. The van der Waals surface area contributed by atoms with Crippen LogP contribution in [-0.2, 0) is 0 Å². The van der Waals surface area contributed by atoms with Crippen molar-refractivity contribution in [2.75, 3.05) is 39.8 Å². The SMILES string of the molecule is CC(NCCCN1CCCCC1C)C1CCCN(C)C1. The summed E-state index contributed by atoms with van der Waals surface area (Å²) in [5, 5.41) is 3.77. The second-order valence-corrected chi connectivity index (χ2v) is 7.14. The van der Waals surface area contributed by atoms with Gasteiger partial charge in [-0.05, 0) is 85.1 Å². The molecule has 2 aliphatic heterocycles. The average Bonchev–Trinajstić information content (AvgIpc) is 2.45. The average molecular weight is 281 g/mol. The summed E-state index contributed by atoms with van der Waals surface area (Å²) in [5.41, 5.74) is 0. The lowest BCUT2D eigenvalue weighted by Gasteiger charge is -2.35. The van der Waals surface area contributed by atoms with Crippen molar-refractivity contribution < 1.29 is 0 Å². The summed E-state index contributed by atoms with van der Waals surface area (Å²) < 4.78 is 0. The van der Waals surface area contributed by atoms with E-state index in [2.05, 4.69) is 36.0 Å². The monoisotopic (exact) mass is 281 g/mol. The van der Waals surface area contributed by atoms with Gasteiger partial charge in [-0.3, -0.25) is 0 Å². The molecule has 20 heavy (non-hydrogen) atoms. The highest BCUT2D eigenvalue weighted by atomic mass is 15.2. The predicted octanol–water partition coefficient (Wildman–Crippen LogP) is 2.57. The Labute approximate surface area is 126 Å². The van der Waals surface area contributed by atoms with Crippen molar-refractivity contribution in [2.24, 2.45) is 5.92 Å². The van der Waals surface area contributed by atoms with E-state index in [1.165, 1.54) is 71.2 Å². The zero-order chi connectivity index (χ0) is 14.4. The number of nitrogens with one attached hydrogen (secondary N) is 1.